The zero-order valence-electron chi connectivity index (χ0n) is 3.50. The van der Waals surface area contributed by atoms with Crippen molar-refractivity contribution in [2.75, 3.05) is 0 Å². The van der Waals surface area contributed by atoms with Gasteiger partial charge in [-0.2, -0.15) is 0 Å². The summed E-state index contributed by atoms with van der Waals surface area (Å²) in [5.74, 6) is 0. The van der Waals surface area contributed by atoms with E-state index in [-0.39, 0.29) is 83.6 Å². The number of hydrogen-bond donors (Lipinski definition) is 3. The van der Waals surface area contributed by atoms with Crippen molar-refractivity contribution < 1.29 is 73.3 Å². The predicted octanol–water partition coefficient (Wildman–Crippen LogP) is -2.41. The third kappa shape index (κ3) is 111. The van der Waals surface area contributed by atoms with E-state index < -0.39 is 7.82 Å². The van der Waals surface area contributed by atoms with Gasteiger partial charge in [0.25, 0.3) is 0 Å². The van der Waals surface area contributed by atoms with Crippen molar-refractivity contribution in [2.45, 2.75) is 0 Å². The SMILES string of the molecule is O.O=P(O)(O)O.[Ag].[NaH].[Zr]. The molecule has 0 saturated heterocycles. The van der Waals surface area contributed by atoms with Gasteiger partial charge in [0.2, 0.25) is 0 Å². The monoisotopic (exact) mass is 337 g/mol. The fourth-order valence-corrected chi connectivity index (χ4v) is 0. The third-order valence-electron chi connectivity index (χ3n) is 0. The molecule has 1 radical (unpaired) electrons. The van der Waals surface area contributed by atoms with Gasteiger partial charge in [0.1, 0.15) is 0 Å². The van der Waals surface area contributed by atoms with Crippen LogP contribution in [0.2, 0.25) is 0 Å². The summed E-state index contributed by atoms with van der Waals surface area (Å²) in [6.45, 7) is 0. The van der Waals surface area contributed by atoms with E-state index in [1.54, 1.807) is 0 Å². The summed E-state index contributed by atoms with van der Waals surface area (Å²) in [5.41, 5.74) is 0. The minimum atomic E-state index is -4.64. The Morgan fingerprint density at radius 1 is 1.11 bits per heavy atom. The van der Waals surface area contributed by atoms with Crippen LogP contribution < -0.4 is 0 Å². The van der Waals surface area contributed by atoms with E-state index in [9.17, 15) is 0 Å². The molecule has 9 heavy (non-hydrogen) atoms. The molecule has 0 aliphatic rings. The second-order valence-electron chi connectivity index (χ2n) is 0.513. The summed E-state index contributed by atoms with van der Waals surface area (Å²) in [4.78, 5) is 21.6. The molecule has 0 atom stereocenters. The van der Waals surface area contributed by atoms with Gasteiger partial charge in [-0.3, -0.25) is 0 Å². The third-order valence-corrected chi connectivity index (χ3v) is 0. The molecular weight excluding hydrogens is 333 g/mol. The summed E-state index contributed by atoms with van der Waals surface area (Å²) < 4.78 is 8.88. The molecule has 0 aliphatic heterocycles. The van der Waals surface area contributed by atoms with Crippen molar-refractivity contribution in [1.82, 2.24) is 0 Å². The molecule has 0 bridgehead atoms. The molecule has 0 amide bonds. The van der Waals surface area contributed by atoms with Gasteiger partial charge >= 0.3 is 37.4 Å². The van der Waals surface area contributed by atoms with Crippen molar-refractivity contribution in [3.63, 3.8) is 0 Å². The molecule has 5 nitrogen and oxygen atoms in total. The van der Waals surface area contributed by atoms with Crippen LogP contribution in [-0.2, 0) is 53.1 Å². The first-order valence-corrected chi connectivity index (χ1v) is 2.35. The number of rotatable bonds is 0. The Balaban J connectivity index is -0.0000000133. The molecule has 57 valence electrons. The second kappa shape index (κ2) is 13.3. The Labute approximate surface area is 109 Å². The van der Waals surface area contributed by atoms with E-state index >= 15 is 0 Å². The normalized spacial score (nSPS) is 6.56. The summed E-state index contributed by atoms with van der Waals surface area (Å²) in [7, 11) is -4.64. The molecule has 0 spiro atoms. The number of hydrogen-bond acceptors (Lipinski definition) is 1. The summed E-state index contributed by atoms with van der Waals surface area (Å²) in [6.07, 6.45) is 0. The molecule has 0 aromatic carbocycles. The maximum absolute atomic E-state index is 8.88. The summed E-state index contributed by atoms with van der Waals surface area (Å²) >= 11 is 0. The minimum absolute atomic E-state index is 0. The Kier molecular flexibility index (Phi) is 44.1. The molecule has 0 aromatic rings. The van der Waals surface area contributed by atoms with Crippen LogP contribution in [0.15, 0.2) is 0 Å². The Hall–Kier alpha value is 2.69. The van der Waals surface area contributed by atoms with E-state index in [2.05, 4.69) is 0 Å². The molecule has 5 N–H and O–H groups in total. The van der Waals surface area contributed by atoms with Gasteiger partial charge in [-0.25, -0.2) is 4.57 Å². The van der Waals surface area contributed by atoms with E-state index in [0.29, 0.717) is 0 Å². The van der Waals surface area contributed by atoms with Crippen molar-refractivity contribution in [3.8, 4) is 0 Å². The van der Waals surface area contributed by atoms with Crippen LogP contribution in [0.3, 0.4) is 0 Å². The van der Waals surface area contributed by atoms with Crippen LogP contribution >= 0.6 is 7.82 Å². The predicted molar refractivity (Wildman–Crippen MR) is 25.0 cm³/mol. The molecule has 0 aromatic heterocycles. The van der Waals surface area contributed by atoms with Gasteiger partial charge in [0.05, 0.1) is 0 Å². The van der Waals surface area contributed by atoms with Gasteiger partial charge in [0.15, 0.2) is 0 Å². The van der Waals surface area contributed by atoms with Crippen molar-refractivity contribution in [3.05, 3.63) is 0 Å². The van der Waals surface area contributed by atoms with Crippen LogP contribution in [0.5, 0.6) is 0 Å². The molecule has 0 unspecified atom stereocenters. The molecule has 0 saturated carbocycles. The molecular formula is H6AgNaO5PZr. The van der Waals surface area contributed by atoms with Gasteiger partial charge in [-0.1, -0.05) is 0 Å². The molecule has 0 heterocycles. The van der Waals surface area contributed by atoms with E-state index in [1.807, 2.05) is 0 Å². The van der Waals surface area contributed by atoms with Crippen molar-refractivity contribution in [2.24, 2.45) is 0 Å². The summed E-state index contributed by atoms with van der Waals surface area (Å²) in [6, 6.07) is 0. The molecule has 0 aliphatic carbocycles. The molecule has 9 heteroatoms. The first kappa shape index (κ1) is 29.8. The van der Waals surface area contributed by atoms with E-state index in [0.717, 1.165) is 0 Å². The Bertz CT molecular complexity index is 63.1. The zero-order valence-corrected chi connectivity index (χ0v) is 8.33. The van der Waals surface area contributed by atoms with Crippen LogP contribution in [0, 0.1) is 0 Å². The van der Waals surface area contributed by atoms with Gasteiger partial charge in [-0.15, -0.1) is 0 Å². The first-order chi connectivity index (χ1) is 2.00. The minimum Gasteiger partial charge on any atom is 0 e. The van der Waals surface area contributed by atoms with Gasteiger partial charge in [-0.05, 0) is 0 Å². The van der Waals surface area contributed by atoms with Crippen LogP contribution in [0.25, 0.3) is 0 Å². The average molecular weight is 339 g/mol. The van der Waals surface area contributed by atoms with E-state index in [4.69, 9.17) is 19.2 Å². The molecule has 0 rings (SSSR count). The van der Waals surface area contributed by atoms with Gasteiger partial charge in [0, 0.05) is 48.6 Å². The topological polar surface area (TPSA) is 109 Å². The van der Waals surface area contributed by atoms with Crippen molar-refractivity contribution >= 4 is 37.4 Å². The van der Waals surface area contributed by atoms with Crippen LogP contribution in [0.4, 0.5) is 0 Å². The maximum atomic E-state index is 8.88. The first-order valence-electron chi connectivity index (χ1n) is 0.783. The largest absolute Gasteiger partial charge is 0 e. The molecule has 0 fully saturated rings. The standard InChI is InChI=1S/Ag.Na.H3O4P.H2O.Zr.H/c;;1-5(2,3)4;;;/h;;(H3,1,2,3,4);1H2;;. The smallest absolute Gasteiger partial charge is 0 e. The van der Waals surface area contributed by atoms with E-state index in [1.165, 1.54) is 0 Å². The number of phosphoric acid groups is 1. The van der Waals surface area contributed by atoms with Gasteiger partial charge < -0.3 is 20.2 Å². The maximum Gasteiger partial charge on any atom is 0 e. The fourth-order valence-electron chi connectivity index (χ4n) is 0. The van der Waals surface area contributed by atoms with Crippen LogP contribution in [-0.4, -0.2) is 49.7 Å². The van der Waals surface area contributed by atoms with Crippen molar-refractivity contribution in [1.29, 1.82) is 0 Å². The fraction of sp³-hybridized carbons (Fsp3) is 0. The Morgan fingerprint density at radius 3 is 1.11 bits per heavy atom. The average Bonchev–Trinajstić information content (AvgIpc) is 0.722. The van der Waals surface area contributed by atoms with Crippen LogP contribution in [0.1, 0.15) is 0 Å². The Morgan fingerprint density at radius 2 is 1.11 bits per heavy atom. The summed E-state index contributed by atoms with van der Waals surface area (Å²) in [5, 5.41) is 0. The second-order valence-corrected chi connectivity index (χ2v) is 1.54. The quantitative estimate of drug-likeness (QED) is 0.337. The zero-order chi connectivity index (χ0) is 4.50.